The van der Waals surface area contributed by atoms with Gasteiger partial charge in [-0.05, 0) is 55.3 Å². The molecule has 3 N–H and O–H groups in total. The average Bonchev–Trinajstić information content (AvgIpc) is 2.67. The monoisotopic (exact) mass is 432 g/mol. The Bertz CT molecular complexity index is 940. The van der Waals surface area contributed by atoms with Gasteiger partial charge in [-0.15, -0.1) is 12.4 Å². The first kappa shape index (κ1) is 21.9. The van der Waals surface area contributed by atoms with E-state index in [0.717, 1.165) is 16.8 Å². The summed E-state index contributed by atoms with van der Waals surface area (Å²) in [6.45, 7) is 6.64. The van der Waals surface area contributed by atoms with E-state index >= 15 is 0 Å². The second-order valence-corrected chi connectivity index (χ2v) is 7.24. The van der Waals surface area contributed by atoms with E-state index in [4.69, 9.17) is 10.5 Å². The minimum Gasteiger partial charge on any atom is -0.378 e. The van der Waals surface area contributed by atoms with Crippen LogP contribution in [0.25, 0.3) is 0 Å². The predicted octanol–water partition coefficient (Wildman–Crippen LogP) is 3.08. The molecule has 1 unspecified atom stereocenters. The molecule has 7 nitrogen and oxygen atoms in total. The topological polar surface area (TPSA) is 78.5 Å². The van der Waals surface area contributed by atoms with Crippen LogP contribution < -0.4 is 16.0 Å². The number of morpholine rings is 1. The van der Waals surface area contributed by atoms with Gasteiger partial charge in [-0.3, -0.25) is 4.90 Å². The van der Waals surface area contributed by atoms with Crippen LogP contribution in [0.15, 0.2) is 52.4 Å². The van der Waals surface area contributed by atoms with Crippen molar-refractivity contribution in [2.75, 3.05) is 36.5 Å². The number of hydrogen-bond donors (Lipinski definition) is 2. The number of hydrogen-bond acceptors (Lipinski definition) is 7. The number of anilines is 2. The molecule has 0 amide bonds. The first-order valence-electron chi connectivity index (χ1n) is 9.64. The van der Waals surface area contributed by atoms with Crippen LogP contribution >= 0.6 is 12.4 Å². The molecule has 1 fully saturated rings. The zero-order valence-corrected chi connectivity index (χ0v) is 17.8. The van der Waals surface area contributed by atoms with Gasteiger partial charge in [-0.25, -0.2) is 9.38 Å². The summed E-state index contributed by atoms with van der Waals surface area (Å²) in [6.07, 6.45) is -0.562. The molecular formula is C21H26ClFN6O. The maximum Gasteiger partial charge on any atom is 0.222 e. The Morgan fingerprint density at radius 1 is 1.10 bits per heavy atom. The number of benzene rings is 2. The molecule has 0 bridgehead atoms. The summed E-state index contributed by atoms with van der Waals surface area (Å²) >= 11 is 0. The van der Waals surface area contributed by atoms with E-state index in [1.807, 2.05) is 36.9 Å². The van der Waals surface area contributed by atoms with Gasteiger partial charge in [0.05, 0.1) is 18.9 Å². The second-order valence-electron chi connectivity index (χ2n) is 7.24. The van der Waals surface area contributed by atoms with Gasteiger partial charge in [-0.2, -0.15) is 4.99 Å². The number of nitrogens with zero attached hydrogens (tertiary/aromatic N) is 4. The lowest BCUT2D eigenvalue weighted by atomic mass is 10.1. The van der Waals surface area contributed by atoms with Crippen molar-refractivity contribution in [3.63, 3.8) is 0 Å². The van der Waals surface area contributed by atoms with Crippen LogP contribution in [0.3, 0.4) is 0 Å². The van der Waals surface area contributed by atoms with E-state index in [1.54, 1.807) is 6.07 Å². The fourth-order valence-corrected chi connectivity index (χ4v) is 3.65. The Labute approximate surface area is 181 Å². The van der Waals surface area contributed by atoms with Crippen molar-refractivity contribution in [3.05, 3.63) is 59.4 Å². The molecule has 2 heterocycles. The SMILES string of the molecule is Cc1cc(C)cc(NC2N=C(N)N=C(N3CCOCC3)N2c2cccc(F)c2)c1.Cl. The lowest BCUT2D eigenvalue weighted by molar-refractivity contribution is 0.0671. The number of nitrogens with one attached hydrogen (secondary N) is 1. The minimum absolute atomic E-state index is 0. The highest BCUT2D eigenvalue weighted by Crippen LogP contribution is 2.25. The fraction of sp³-hybridized carbons (Fsp3) is 0.333. The number of guanidine groups is 2. The lowest BCUT2D eigenvalue weighted by Gasteiger charge is -2.41. The molecule has 0 aliphatic carbocycles. The van der Waals surface area contributed by atoms with Gasteiger partial charge < -0.3 is 20.7 Å². The molecule has 0 radical (unpaired) electrons. The van der Waals surface area contributed by atoms with Gasteiger partial charge in [-0.1, -0.05) is 12.1 Å². The summed E-state index contributed by atoms with van der Waals surface area (Å²) in [4.78, 5) is 13.0. The standard InChI is InChI=1S/C21H25FN6O.ClH/c1-14-10-15(2)12-17(11-14)24-20-25-19(23)26-21(27-6-8-29-9-7-27)28(20)18-5-3-4-16(22)13-18;/h3-5,10-13,20,24H,6-9H2,1-2H3,(H2,23,25);1H. The van der Waals surface area contributed by atoms with Crippen molar-refractivity contribution >= 4 is 35.7 Å². The lowest BCUT2D eigenvalue weighted by Crippen LogP contribution is -2.57. The van der Waals surface area contributed by atoms with Crippen molar-refractivity contribution < 1.29 is 9.13 Å². The van der Waals surface area contributed by atoms with Gasteiger partial charge >= 0.3 is 0 Å². The summed E-state index contributed by atoms with van der Waals surface area (Å²) in [5, 5.41) is 3.43. The molecule has 1 atom stereocenters. The third kappa shape index (κ3) is 4.83. The summed E-state index contributed by atoms with van der Waals surface area (Å²) in [6, 6.07) is 12.6. The average molecular weight is 433 g/mol. The third-order valence-electron chi connectivity index (χ3n) is 4.83. The van der Waals surface area contributed by atoms with Crippen molar-refractivity contribution in [3.8, 4) is 0 Å². The highest BCUT2D eigenvalue weighted by atomic mass is 35.5. The Morgan fingerprint density at radius 3 is 2.47 bits per heavy atom. The largest absolute Gasteiger partial charge is 0.378 e. The molecule has 0 aromatic heterocycles. The molecule has 30 heavy (non-hydrogen) atoms. The summed E-state index contributed by atoms with van der Waals surface area (Å²) < 4.78 is 19.5. The second kappa shape index (κ2) is 9.32. The van der Waals surface area contributed by atoms with E-state index in [2.05, 4.69) is 26.3 Å². The van der Waals surface area contributed by atoms with E-state index in [9.17, 15) is 4.39 Å². The molecule has 0 spiro atoms. The molecule has 9 heteroatoms. The van der Waals surface area contributed by atoms with Crippen LogP contribution in [0.1, 0.15) is 11.1 Å². The van der Waals surface area contributed by atoms with Crippen LogP contribution in [0, 0.1) is 19.7 Å². The molecule has 1 saturated heterocycles. The number of aliphatic imine (C=N–C) groups is 2. The quantitative estimate of drug-likeness (QED) is 0.779. The van der Waals surface area contributed by atoms with E-state index in [0.29, 0.717) is 38.0 Å². The van der Waals surface area contributed by atoms with Crippen LogP contribution in [-0.2, 0) is 4.74 Å². The molecule has 2 aliphatic heterocycles. The molecule has 4 rings (SSSR count). The summed E-state index contributed by atoms with van der Waals surface area (Å²) in [7, 11) is 0. The van der Waals surface area contributed by atoms with Crippen LogP contribution in [0.5, 0.6) is 0 Å². The zero-order valence-electron chi connectivity index (χ0n) is 17.0. The number of rotatable bonds is 3. The Hall–Kier alpha value is -2.84. The smallest absolute Gasteiger partial charge is 0.222 e. The van der Waals surface area contributed by atoms with Gasteiger partial charge in [0.15, 0.2) is 0 Å². The van der Waals surface area contributed by atoms with Gasteiger partial charge in [0.1, 0.15) is 5.82 Å². The Balaban J connectivity index is 0.00000256. The normalized spacial score (nSPS) is 19.0. The van der Waals surface area contributed by atoms with E-state index in [-0.39, 0.29) is 24.2 Å². The first-order chi connectivity index (χ1) is 14.0. The summed E-state index contributed by atoms with van der Waals surface area (Å²) in [5.74, 6) is 0.491. The maximum absolute atomic E-state index is 14.0. The number of halogens is 2. The van der Waals surface area contributed by atoms with Crippen molar-refractivity contribution in [1.82, 2.24) is 4.90 Å². The zero-order chi connectivity index (χ0) is 20.4. The van der Waals surface area contributed by atoms with E-state index < -0.39 is 6.29 Å². The predicted molar refractivity (Wildman–Crippen MR) is 121 cm³/mol. The van der Waals surface area contributed by atoms with Gasteiger partial charge in [0.2, 0.25) is 18.2 Å². The first-order valence-corrected chi connectivity index (χ1v) is 9.64. The molecule has 2 aliphatic rings. The van der Waals surface area contributed by atoms with Crippen LogP contribution in [0.2, 0.25) is 0 Å². The highest BCUT2D eigenvalue weighted by molar-refractivity contribution is 6.06. The van der Waals surface area contributed by atoms with Crippen molar-refractivity contribution in [1.29, 1.82) is 0 Å². The maximum atomic E-state index is 14.0. The van der Waals surface area contributed by atoms with Crippen molar-refractivity contribution in [2.24, 2.45) is 15.7 Å². The molecule has 0 saturated carbocycles. The van der Waals surface area contributed by atoms with Crippen molar-refractivity contribution in [2.45, 2.75) is 20.1 Å². The number of nitrogens with two attached hydrogens (primary N) is 1. The number of aryl methyl sites for hydroxylation is 2. The Kier molecular flexibility index (Phi) is 6.79. The van der Waals surface area contributed by atoms with Gasteiger partial charge in [0.25, 0.3) is 0 Å². The number of ether oxygens (including phenoxy) is 1. The minimum atomic E-state index is -0.562. The van der Waals surface area contributed by atoms with E-state index in [1.165, 1.54) is 12.1 Å². The summed E-state index contributed by atoms with van der Waals surface area (Å²) in [5.41, 5.74) is 9.90. The highest BCUT2D eigenvalue weighted by Gasteiger charge is 2.32. The van der Waals surface area contributed by atoms with Gasteiger partial charge in [0, 0.05) is 18.8 Å². The van der Waals surface area contributed by atoms with Crippen LogP contribution in [0.4, 0.5) is 15.8 Å². The molecule has 2 aromatic rings. The molecular weight excluding hydrogens is 407 g/mol. The van der Waals surface area contributed by atoms with Crippen LogP contribution in [-0.4, -0.2) is 49.4 Å². The third-order valence-corrected chi connectivity index (χ3v) is 4.83. The molecule has 2 aromatic carbocycles. The molecule has 160 valence electrons. The fourth-order valence-electron chi connectivity index (χ4n) is 3.65. The Morgan fingerprint density at radius 2 is 1.80 bits per heavy atom.